The smallest absolute Gasteiger partial charge is 0.433 e. The lowest BCUT2D eigenvalue weighted by Crippen LogP contribution is -2.48. The van der Waals surface area contributed by atoms with Gasteiger partial charge >= 0.3 is 12.1 Å². The maximum atomic E-state index is 14.6. The lowest BCUT2D eigenvalue weighted by Gasteiger charge is -2.38. The molecule has 3 aliphatic carbocycles. The molecule has 2 N–H and O–H groups in total. The first-order valence-corrected chi connectivity index (χ1v) is 14.5. The number of aliphatic hydroxyl groups is 1. The van der Waals surface area contributed by atoms with Crippen molar-refractivity contribution in [3.63, 3.8) is 0 Å². The average Bonchev–Trinajstić information content (AvgIpc) is 3.31. The van der Waals surface area contributed by atoms with E-state index in [0.717, 1.165) is 10.9 Å². The quantitative estimate of drug-likeness (QED) is 0.379. The van der Waals surface area contributed by atoms with Crippen molar-refractivity contribution in [3.05, 3.63) is 52.3 Å². The van der Waals surface area contributed by atoms with Crippen molar-refractivity contribution in [2.24, 2.45) is 22.7 Å². The van der Waals surface area contributed by atoms with Gasteiger partial charge in [-0.3, -0.25) is 14.3 Å². The summed E-state index contributed by atoms with van der Waals surface area (Å²) < 4.78 is 44.7. The third-order valence-electron chi connectivity index (χ3n) is 10.2. The molecule has 2 aromatic rings. The number of carboxylic acid groups (broad SMARTS) is 1. The number of carbonyl (C=O) groups is 2. The Bertz CT molecular complexity index is 1330. The molecule has 5 rings (SSSR count). The van der Waals surface area contributed by atoms with E-state index < -0.39 is 46.4 Å². The highest BCUT2D eigenvalue weighted by atomic mass is 35.5. The molecular weight excluding hydrogens is 559 g/mol. The Balaban J connectivity index is 1.49. The van der Waals surface area contributed by atoms with Gasteiger partial charge < -0.3 is 15.1 Å². The summed E-state index contributed by atoms with van der Waals surface area (Å²) in [5, 5.41) is 25.4. The van der Waals surface area contributed by atoms with Gasteiger partial charge in [0.2, 0.25) is 0 Å². The number of nitrogens with zero attached hydrogens (tertiary/aromatic N) is 3. The summed E-state index contributed by atoms with van der Waals surface area (Å²) >= 11 is 6.37. The van der Waals surface area contributed by atoms with Crippen LogP contribution in [0.15, 0.2) is 30.5 Å². The van der Waals surface area contributed by atoms with E-state index in [4.69, 9.17) is 11.6 Å². The molecule has 1 heterocycles. The Kier molecular flexibility index (Phi) is 7.29. The van der Waals surface area contributed by atoms with Crippen molar-refractivity contribution < 1.29 is 33.0 Å². The first kappa shape index (κ1) is 29.9. The standard InChI is InChI=1S/C30H37ClF3N3O4/c1-27(2)21-13-18(14-22(21)27)36(16-29(4,41)20-7-5-6-8-23(20)31)25(38)19-15-35-37(24(19)30(32,33)34)17-9-11-28(3,12-10-17)26(39)40/h5-8,15,17-18,21-22,41H,9-14,16H2,1-4H3,(H,39,40). The number of alkyl halides is 3. The molecule has 3 unspecified atom stereocenters. The van der Waals surface area contributed by atoms with Gasteiger partial charge in [0.05, 0.1) is 29.8 Å². The number of fused-ring (bicyclic) bond motifs is 1. The van der Waals surface area contributed by atoms with Crippen molar-refractivity contribution in [1.29, 1.82) is 0 Å². The second-order valence-electron chi connectivity index (χ2n) is 13.3. The fraction of sp³-hybridized carbons (Fsp3) is 0.633. The van der Waals surface area contributed by atoms with Crippen LogP contribution in [0.3, 0.4) is 0 Å². The number of carboxylic acids is 1. The monoisotopic (exact) mass is 595 g/mol. The molecule has 1 aromatic heterocycles. The number of benzene rings is 1. The van der Waals surface area contributed by atoms with Crippen LogP contribution in [-0.4, -0.2) is 49.4 Å². The van der Waals surface area contributed by atoms with E-state index >= 15 is 0 Å². The number of carbonyl (C=O) groups excluding carboxylic acids is 1. The number of hydrogen-bond donors (Lipinski definition) is 2. The van der Waals surface area contributed by atoms with Gasteiger partial charge in [-0.2, -0.15) is 18.3 Å². The number of hydrogen-bond acceptors (Lipinski definition) is 4. The third kappa shape index (κ3) is 5.26. The first-order valence-electron chi connectivity index (χ1n) is 14.1. The minimum Gasteiger partial charge on any atom is -0.481 e. The van der Waals surface area contributed by atoms with Crippen molar-refractivity contribution in [2.75, 3.05) is 6.54 Å². The SMILES string of the molecule is CC1(C(=O)O)CCC(n2ncc(C(=O)N(CC(C)(O)c3ccccc3Cl)C3CC4C(C3)C4(C)C)c2C(F)(F)F)CC1. The molecule has 224 valence electrons. The van der Waals surface area contributed by atoms with E-state index in [-0.39, 0.29) is 43.7 Å². The van der Waals surface area contributed by atoms with E-state index in [0.29, 0.717) is 35.3 Å². The maximum Gasteiger partial charge on any atom is 0.433 e. The van der Waals surface area contributed by atoms with Crippen LogP contribution in [0.5, 0.6) is 0 Å². The van der Waals surface area contributed by atoms with Gasteiger partial charge in [-0.05, 0) is 75.7 Å². The normalized spacial score (nSPS) is 30.4. The van der Waals surface area contributed by atoms with Gasteiger partial charge in [-0.15, -0.1) is 0 Å². The van der Waals surface area contributed by atoms with E-state index in [2.05, 4.69) is 18.9 Å². The van der Waals surface area contributed by atoms with Gasteiger partial charge in [0, 0.05) is 16.6 Å². The molecular formula is C30H37ClF3N3O4. The number of aromatic nitrogens is 2. The van der Waals surface area contributed by atoms with Crippen LogP contribution in [0.1, 0.15) is 93.9 Å². The summed E-state index contributed by atoms with van der Waals surface area (Å²) in [6.45, 7) is 7.21. The Morgan fingerprint density at radius 3 is 2.24 bits per heavy atom. The molecule has 3 fully saturated rings. The van der Waals surface area contributed by atoms with Crippen molar-refractivity contribution in [2.45, 2.75) is 90.1 Å². The highest BCUT2D eigenvalue weighted by Gasteiger charge is 2.63. The zero-order valence-corrected chi connectivity index (χ0v) is 24.5. The molecule has 11 heteroatoms. The topological polar surface area (TPSA) is 95.7 Å². The summed E-state index contributed by atoms with van der Waals surface area (Å²) in [5.41, 5.74) is -3.78. The minimum absolute atomic E-state index is 0.129. The highest BCUT2D eigenvalue weighted by Crippen LogP contribution is 2.67. The minimum atomic E-state index is -4.87. The molecule has 3 atom stereocenters. The van der Waals surface area contributed by atoms with Gasteiger partial charge in [0.25, 0.3) is 5.91 Å². The molecule has 0 bridgehead atoms. The highest BCUT2D eigenvalue weighted by molar-refractivity contribution is 6.31. The molecule has 3 aliphatic rings. The summed E-state index contributed by atoms with van der Waals surface area (Å²) in [4.78, 5) is 27.2. The van der Waals surface area contributed by atoms with Crippen molar-refractivity contribution in [3.8, 4) is 0 Å². The summed E-state index contributed by atoms with van der Waals surface area (Å²) in [7, 11) is 0. The van der Waals surface area contributed by atoms with E-state index in [1.54, 1.807) is 31.2 Å². The van der Waals surface area contributed by atoms with Crippen LogP contribution in [0.25, 0.3) is 0 Å². The molecule has 7 nitrogen and oxygen atoms in total. The van der Waals surface area contributed by atoms with Crippen LogP contribution in [0, 0.1) is 22.7 Å². The summed E-state index contributed by atoms with van der Waals surface area (Å²) in [6.07, 6.45) is -1.78. The number of amides is 1. The van der Waals surface area contributed by atoms with E-state index in [1.165, 1.54) is 11.8 Å². The molecule has 1 aromatic carbocycles. The largest absolute Gasteiger partial charge is 0.481 e. The average molecular weight is 596 g/mol. The van der Waals surface area contributed by atoms with Crippen molar-refractivity contribution >= 4 is 23.5 Å². The van der Waals surface area contributed by atoms with Crippen LogP contribution >= 0.6 is 11.6 Å². The fourth-order valence-electron chi connectivity index (χ4n) is 7.34. The zero-order valence-electron chi connectivity index (χ0n) is 23.7. The predicted molar refractivity (Wildman–Crippen MR) is 146 cm³/mol. The summed E-state index contributed by atoms with van der Waals surface area (Å²) in [6, 6.07) is 5.67. The Morgan fingerprint density at radius 1 is 1.12 bits per heavy atom. The van der Waals surface area contributed by atoms with Gasteiger partial charge in [0.15, 0.2) is 5.69 Å². The Labute approximate surface area is 242 Å². The van der Waals surface area contributed by atoms with Gasteiger partial charge in [-0.25, -0.2) is 0 Å². The lowest BCUT2D eigenvalue weighted by molar-refractivity contribution is -0.152. The summed E-state index contributed by atoms with van der Waals surface area (Å²) in [5.74, 6) is -1.07. The number of rotatable bonds is 7. The lowest BCUT2D eigenvalue weighted by atomic mass is 9.74. The van der Waals surface area contributed by atoms with Gasteiger partial charge in [0.1, 0.15) is 5.60 Å². The number of aliphatic carboxylic acids is 1. The molecule has 0 aliphatic heterocycles. The van der Waals surface area contributed by atoms with Crippen LogP contribution in [-0.2, 0) is 16.6 Å². The van der Waals surface area contributed by atoms with Crippen molar-refractivity contribution in [1.82, 2.24) is 14.7 Å². The maximum absolute atomic E-state index is 14.6. The molecule has 0 spiro atoms. The van der Waals surface area contributed by atoms with Crippen LogP contribution in [0.2, 0.25) is 5.02 Å². The molecule has 0 radical (unpaired) electrons. The molecule has 0 saturated heterocycles. The van der Waals surface area contributed by atoms with Crippen LogP contribution in [0.4, 0.5) is 13.2 Å². The number of halogens is 4. The second-order valence-corrected chi connectivity index (χ2v) is 13.7. The van der Waals surface area contributed by atoms with E-state index in [9.17, 15) is 33.0 Å². The molecule has 41 heavy (non-hydrogen) atoms. The Morgan fingerprint density at radius 2 is 1.71 bits per heavy atom. The van der Waals surface area contributed by atoms with Gasteiger partial charge in [-0.1, -0.05) is 43.6 Å². The second kappa shape index (κ2) is 10.0. The fourth-order valence-corrected chi connectivity index (χ4v) is 7.68. The predicted octanol–water partition coefficient (Wildman–Crippen LogP) is 6.55. The molecule has 3 saturated carbocycles. The van der Waals surface area contributed by atoms with Crippen LogP contribution < -0.4 is 0 Å². The molecule has 1 amide bonds. The van der Waals surface area contributed by atoms with E-state index in [1.807, 2.05) is 0 Å². The first-order chi connectivity index (χ1) is 19.0. The zero-order chi connectivity index (χ0) is 30.1. The Hall–Kier alpha value is -2.59. The third-order valence-corrected chi connectivity index (χ3v) is 10.5.